The summed E-state index contributed by atoms with van der Waals surface area (Å²) in [7, 11) is 1.87. The van der Waals surface area contributed by atoms with Crippen molar-refractivity contribution >= 4 is 11.6 Å². The summed E-state index contributed by atoms with van der Waals surface area (Å²) in [6.45, 7) is 2.55. The second-order valence-corrected chi connectivity index (χ2v) is 8.82. The molecular weight excluding hydrogens is 435 g/mol. The molecule has 0 radical (unpaired) electrons. The van der Waals surface area contributed by atoms with Crippen molar-refractivity contribution < 1.29 is 13.9 Å². The lowest BCUT2D eigenvalue weighted by Gasteiger charge is -2.26. The zero-order valence-electron chi connectivity index (χ0n) is 19.1. The topological polar surface area (TPSA) is 93.1 Å². The van der Waals surface area contributed by atoms with Crippen LogP contribution in [-0.2, 0) is 24.9 Å². The number of carbonyl (C=O) groups excluding carboxylic acids is 1. The third-order valence-electron chi connectivity index (χ3n) is 6.59. The van der Waals surface area contributed by atoms with Crippen LogP contribution in [0.1, 0.15) is 51.5 Å². The molecule has 5 rings (SSSR count). The smallest absolute Gasteiger partial charge is 0.251 e. The van der Waals surface area contributed by atoms with E-state index in [4.69, 9.17) is 4.74 Å². The lowest BCUT2D eigenvalue weighted by atomic mass is 9.95. The third kappa shape index (κ3) is 4.67. The van der Waals surface area contributed by atoms with E-state index in [0.29, 0.717) is 49.9 Å². The van der Waals surface area contributed by atoms with E-state index in [0.717, 1.165) is 23.4 Å². The van der Waals surface area contributed by atoms with Gasteiger partial charge >= 0.3 is 0 Å². The number of benzene rings is 2. The summed E-state index contributed by atoms with van der Waals surface area (Å²) in [6, 6.07) is 15.2. The molecule has 34 heavy (non-hydrogen) atoms. The summed E-state index contributed by atoms with van der Waals surface area (Å²) in [6.07, 6.45) is -0.261. The highest BCUT2D eigenvalue weighted by atomic mass is 19.1. The summed E-state index contributed by atoms with van der Waals surface area (Å²) in [5, 5.41) is 18.0. The van der Waals surface area contributed by atoms with Crippen LogP contribution in [0.5, 0.6) is 0 Å². The van der Waals surface area contributed by atoms with Crippen LogP contribution in [0, 0.1) is 0 Å². The van der Waals surface area contributed by atoms with Crippen molar-refractivity contribution in [1.29, 1.82) is 0 Å². The molecule has 2 unspecified atom stereocenters. The molecule has 0 spiro atoms. The van der Waals surface area contributed by atoms with Crippen LogP contribution < -0.4 is 16.0 Å². The number of carbonyl (C=O) groups is 1. The lowest BCUT2D eigenvalue weighted by molar-refractivity contribution is 0.0708. The van der Waals surface area contributed by atoms with Crippen LogP contribution in [-0.4, -0.2) is 46.5 Å². The second kappa shape index (κ2) is 9.90. The Labute approximate surface area is 197 Å². The molecule has 178 valence electrons. The van der Waals surface area contributed by atoms with Gasteiger partial charge in [0.2, 0.25) is 0 Å². The zero-order valence-corrected chi connectivity index (χ0v) is 19.1. The first kappa shape index (κ1) is 22.5. The average molecular weight is 465 g/mol. The van der Waals surface area contributed by atoms with Crippen LogP contribution in [0.15, 0.2) is 48.5 Å². The number of nitrogens with one attached hydrogen (secondary N) is 3. The van der Waals surface area contributed by atoms with Gasteiger partial charge in [0.05, 0.1) is 31.7 Å². The Morgan fingerprint density at radius 1 is 1.24 bits per heavy atom. The minimum atomic E-state index is -0.964. The van der Waals surface area contributed by atoms with Gasteiger partial charge in [0.25, 0.3) is 5.91 Å². The maximum Gasteiger partial charge on any atom is 0.251 e. The van der Waals surface area contributed by atoms with Gasteiger partial charge in [-0.25, -0.2) is 4.39 Å². The molecule has 1 saturated heterocycles. The Bertz CT molecular complexity index is 1170. The Morgan fingerprint density at radius 3 is 3.00 bits per heavy atom. The summed E-state index contributed by atoms with van der Waals surface area (Å²) >= 11 is 0. The van der Waals surface area contributed by atoms with Gasteiger partial charge in [-0.3, -0.25) is 4.79 Å². The standard InChI is InChI=1S/C25H29FN6O2/c1-32-23(30-31-24(32)20-9-10-27-12-21(20)26)13-28-18-7-4-6-16(11-18)25(33)29-22-15-34-14-17-5-2-3-8-19(17)22/h2-8,11,20-22,27-28H,9-10,12-15H2,1H3,(H,29,33)/t20?,21?,22-/m0/s1. The van der Waals surface area contributed by atoms with Crippen molar-refractivity contribution in [1.82, 2.24) is 25.4 Å². The fourth-order valence-electron chi connectivity index (χ4n) is 4.66. The van der Waals surface area contributed by atoms with E-state index in [1.807, 2.05) is 54.1 Å². The van der Waals surface area contributed by atoms with E-state index in [-0.39, 0.29) is 17.9 Å². The minimum Gasteiger partial charge on any atom is -0.378 e. The fourth-order valence-corrected chi connectivity index (χ4v) is 4.66. The SMILES string of the molecule is Cn1c(CNc2cccc(C(=O)N[C@H]3COCc4ccccc43)c2)nnc1C1CCNCC1F. The largest absolute Gasteiger partial charge is 0.378 e. The van der Waals surface area contributed by atoms with Crippen LogP contribution in [0.25, 0.3) is 0 Å². The summed E-state index contributed by atoms with van der Waals surface area (Å²) in [5.41, 5.74) is 3.55. The second-order valence-electron chi connectivity index (χ2n) is 8.82. The molecule has 1 amide bonds. The zero-order chi connectivity index (χ0) is 23.5. The molecule has 9 heteroatoms. The van der Waals surface area contributed by atoms with E-state index >= 15 is 0 Å². The van der Waals surface area contributed by atoms with E-state index < -0.39 is 6.17 Å². The Kier molecular flexibility index (Phi) is 6.55. The normalized spacial score (nSPS) is 22.1. The maximum atomic E-state index is 14.3. The number of ether oxygens (including phenoxy) is 1. The predicted octanol–water partition coefficient (Wildman–Crippen LogP) is 2.84. The number of alkyl halides is 1. The Balaban J connectivity index is 1.24. The molecule has 8 nitrogen and oxygen atoms in total. The van der Waals surface area contributed by atoms with Crippen LogP contribution >= 0.6 is 0 Å². The number of hydrogen-bond acceptors (Lipinski definition) is 6. The molecule has 3 N–H and O–H groups in total. The fraction of sp³-hybridized carbons (Fsp3) is 0.400. The van der Waals surface area contributed by atoms with Gasteiger partial charge in [-0.2, -0.15) is 0 Å². The number of rotatable bonds is 6. The molecule has 0 aliphatic carbocycles. The van der Waals surface area contributed by atoms with Crippen LogP contribution in [0.4, 0.5) is 10.1 Å². The van der Waals surface area contributed by atoms with Crippen LogP contribution in [0.3, 0.4) is 0 Å². The van der Waals surface area contributed by atoms with Crippen molar-refractivity contribution in [3.05, 3.63) is 76.9 Å². The summed E-state index contributed by atoms with van der Waals surface area (Å²) in [4.78, 5) is 13.0. The van der Waals surface area contributed by atoms with Crippen molar-refractivity contribution in [3.8, 4) is 0 Å². The first-order valence-electron chi connectivity index (χ1n) is 11.6. The minimum absolute atomic E-state index is 0.158. The molecule has 1 fully saturated rings. The number of amides is 1. The number of anilines is 1. The Hall–Kier alpha value is -3.30. The van der Waals surface area contributed by atoms with Crippen LogP contribution in [0.2, 0.25) is 0 Å². The number of nitrogens with zero attached hydrogens (tertiary/aromatic N) is 3. The highest BCUT2D eigenvalue weighted by Gasteiger charge is 2.30. The summed E-state index contributed by atoms with van der Waals surface area (Å²) in [5.74, 6) is 0.990. The first-order chi connectivity index (χ1) is 16.6. The molecule has 1 aromatic heterocycles. The number of fused-ring (bicyclic) bond motifs is 1. The lowest BCUT2D eigenvalue weighted by Crippen LogP contribution is -2.37. The van der Waals surface area contributed by atoms with Gasteiger partial charge in [0, 0.05) is 24.8 Å². The molecule has 2 aromatic carbocycles. The Morgan fingerprint density at radius 2 is 2.12 bits per heavy atom. The predicted molar refractivity (Wildman–Crippen MR) is 126 cm³/mol. The highest BCUT2D eigenvalue weighted by Crippen LogP contribution is 2.27. The van der Waals surface area contributed by atoms with E-state index in [9.17, 15) is 9.18 Å². The molecular formula is C25H29FN6O2. The van der Waals surface area contributed by atoms with Crippen molar-refractivity contribution in [2.75, 3.05) is 25.0 Å². The van der Waals surface area contributed by atoms with Gasteiger partial charge in [-0.05, 0) is 42.3 Å². The first-order valence-corrected chi connectivity index (χ1v) is 11.6. The van der Waals surface area contributed by atoms with Gasteiger partial charge < -0.3 is 25.3 Å². The number of piperidine rings is 1. The monoisotopic (exact) mass is 464 g/mol. The number of halogens is 1. The summed E-state index contributed by atoms with van der Waals surface area (Å²) < 4.78 is 21.9. The average Bonchev–Trinajstić information content (AvgIpc) is 3.23. The third-order valence-corrected chi connectivity index (χ3v) is 6.59. The maximum absolute atomic E-state index is 14.3. The molecule has 3 aromatic rings. The molecule has 2 aliphatic rings. The quantitative estimate of drug-likeness (QED) is 0.520. The molecule has 0 bridgehead atoms. The van der Waals surface area contributed by atoms with Gasteiger partial charge in [-0.15, -0.1) is 10.2 Å². The van der Waals surface area contributed by atoms with Crippen molar-refractivity contribution in [2.24, 2.45) is 7.05 Å². The molecule has 3 heterocycles. The van der Waals surface area contributed by atoms with Crippen molar-refractivity contribution in [2.45, 2.75) is 37.7 Å². The highest BCUT2D eigenvalue weighted by molar-refractivity contribution is 5.95. The van der Waals surface area contributed by atoms with Gasteiger partial charge in [0.1, 0.15) is 12.0 Å². The van der Waals surface area contributed by atoms with E-state index in [1.54, 1.807) is 6.07 Å². The van der Waals surface area contributed by atoms with E-state index in [1.165, 1.54) is 0 Å². The molecule has 2 aliphatic heterocycles. The van der Waals surface area contributed by atoms with Gasteiger partial charge in [-0.1, -0.05) is 30.3 Å². The molecule has 3 atom stereocenters. The number of aromatic nitrogens is 3. The molecule has 0 saturated carbocycles. The van der Waals surface area contributed by atoms with E-state index in [2.05, 4.69) is 26.1 Å². The van der Waals surface area contributed by atoms with Crippen molar-refractivity contribution in [3.63, 3.8) is 0 Å². The van der Waals surface area contributed by atoms with Gasteiger partial charge in [0.15, 0.2) is 5.82 Å². The number of hydrogen-bond donors (Lipinski definition) is 3.